The highest BCUT2D eigenvalue weighted by Crippen LogP contribution is 2.24. The molecule has 23 heavy (non-hydrogen) atoms. The third kappa shape index (κ3) is 3.40. The highest BCUT2D eigenvalue weighted by Gasteiger charge is 2.13. The number of phenols is 1. The van der Waals surface area contributed by atoms with Crippen LogP contribution in [0.3, 0.4) is 0 Å². The van der Waals surface area contributed by atoms with Gasteiger partial charge in [0.05, 0.1) is 0 Å². The molecule has 1 N–H and O–H groups in total. The minimum absolute atomic E-state index is 0.0732. The fraction of sp³-hybridized carbons (Fsp3) is 0.0500. The van der Waals surface area contributed by atoms with Crippen LogP contribution in [0.5, 0.6) is 11.5 Å². The van der Waals surface area contributed by atoms with Crippen molar-refractivity contribution in [3.05, 3.63) is 83.9 Å². The topological polar surface area (TPSA) is 46.5 Å². The molecular formula is C20H16O3. The molecule has 0 saturated heterocycles. The molecule has 0 amide bonds. The van der Waals surface area contributed by atoms with Gasteiger partial charge in [0.15, 0.2) is 0 Å². The van der Waals surface area contributed by atoms with Gasteiger partial charge in [-0.15, -0.1) is 0 Å². The Morgan fingerprint density at radius 3 is 2.17 bits per heavy atom. The number of esters is 1. The quantitative estimate of drug-likeness (QED) is 0.569. The number of rotatable bonds is 3. The summed E-state index contributed by atoms with van der Waals surface area (Å²) in [6.45, 7) is 1.84. The number of carbonyl (C=O) groups excluding carboxylic acids is 1. The summed E-state index contributed by atoms with van der Waals surface area (Å²) >= 11 is 0. The van der Waals surface area contributed by atoms with Crippen molar-refractivity contribution in [1.29, 1.82) is 0 Å². The summed E-state index contributed by atoms with van der Waals surface area (Å²) in [6.07, 6.45) is 0. The van der Waals surface area contributed by atoms with E-state index in [9.17, 15) is 9.90 Å². The first-order valence-corrected chi connectivity index (χ1v) is 7.31. The average Bonchev–Trinajstić information content (AvgIpc) is 2.56. The number of benzene rings is 3. The van der Waals surface area contributed by atoms with Gasteiger partial charge in [-0.25, -0.2) is 4.79 Å². The molecule has 114 valence electrons. The minimum Gasteiger partial charge on any atom is -0.507 e. The molecule has 0 saturated carbocycles. The number of aryl methyl sites for hydroxylation is 1. The van der Waals surface area contributed by atoms with Gasteiger partial charge in [-0.05, 0) is 47.9 Å². The third-order valence-corrected chi connectivity index (χ3v) is 3.55. The number of aromatic hydroxyl groups is 1. The van der Waals surface area contributed by atoms with Crippen molar-refractivity contribution < 1.29 is 14.6 Å². The highest BCUT2D eigenvalue weighted by atomic mass is 16.5. The number of phenolic OH excluding ortho intramolecular Hbond substituents is 1. The van der Waals surface area contributed by atoms with E-state index in [-0.39, 0.29) is 11.3 Å². The predicted molar refractivity (Wildman–Crippen MR) is 89.7 cm³/mol. The Hall–Kier alpha value is -3.07. The smallest absolute Gasteiger partial charge is 0.347 e. The molecule has 3 heteroatoms. The van der Waals surface area contributed by atoms with Crippen LogP contribution >= 0.6 is 0 Å². The van der Waals surface area contributed by atoms with Crippen LogP contribution in [0.2, 0.25) is 0 Å². The molecule has 0 atom stereocenters. The Balaban J connectivity index is 1.77. The third-order valence-electron chi connectivity index (χ3n) is 3.55. The van der Waals surface area contributed by atoms with Crippen LogP contribution in [-0.2, 0) is 0 Å². The summed E-state index contributed by atoms with van der Waals surface area (Å²) in [7, 11) is 0. The molecule has 0 radical (unpaired) electrons. The highest BCUT2D eigenvalue weighted by molar-refractivity contribution is 5.94. The standard InChI is InChI=1S/C20H16O3/c1-14-7-12-18(19(21)13-14)20(22)23-17-10-8-16(9-11-17)15-5-3-2-4-6-15/h2-13,21H,1H3. The molecule has 0 spiro atoms. The first-order valence-electron chi connectivity index (χ1n) is 7.31. The zero-order chi connectivity index (χ0) is 16.2. The van der Waals surface area contributed by atoms with Gasteiger partial charge in [0.25, 0.3) is 0 Å². The Morgan fingerprint density at radius 1 is 0.870 bits per heavy atom. The van der Waals surface area contributed by atoms with Crippen molar-refractivity contribution in [3.8, 4) is 22.6 Å². The number of hydrogen-bond acceptors (Lipinski definition) is 3. The summed E-state index contributed by atoms with van der Waals surface area (Å²) in [5.41, 5.74) is 3.18. The van der Waals surface area contributed by atoms with E-state index < -0.39 is 5.97 Å². The van der Waals surface area contributed by atoms with Gasteiger partial charge >= 0.3 is 5.97 Å². The minimum atomic E-state index is -0.574. The van der Waals surface area contributed by atoms with Crippen molar-refractivity contribution in [2.45, 2.75) is 6.92 Å². The van der Waals surface area contributed by atoms with Gasteiger partial charge in [-0.2, -0.15) is 0 Å². The molecule has 3 aromatic rings. The fourth-order valence-electron chi connectivity index (χ4n) is 2.32. The molecule has 0 aromatic heterocycles. The van der Waals surface area contributed by atoms with Gasteiger partial charge in [-0.3, -0.25) is 0 Å². The zero-order valence-corrected chi connectivity index (χ0v) is 12.7. The van der Waals surface area contributed by atoms with Gasteiger partial charge < -0.3 is 9.84 Å². The van der Waals surface area contributed by atoms with Gasteiger partial charge in [0, 0.05) is 0 Å². The maximum atomic E-state index is 12.1. The van der Waals surface area contributed by atoms with E-state index in [1.165, 1.54) is 6.07 Å². The zero-order valence-electron chi connectivity index (χ0n) is 12.7. The largest absolute Gasteiger partial charge is 0.507 e. The van der Waals surface area contributed by atoms with Crippen molar-refractivity contribution >= 4 is 5.97 Å². The van der Waals surface area contributed by atoms with Crippen LogP contribution in [0, 0.1) is 6.92 Å². The molecule has 3 nitrogen and oxygen atoms in total. The molecule has 0 aliphatic heterocycles. The van der Waals surface area contributed by atoms with Crippen LogP contribution in [0.1, 0.15) is 15.9 Å². The maximum Gasteiger partial charge on any atom is 0.347 e. The van der Waals surface area contributed by atoms with Crippen LogP contribution < -0.4 is 4.74 Å². The molecule has 3 aromatic carbocycles. The van der Waals surface area contributed by atoms with Crippen LogP contribution in [0.4, 0.5) is 0 Å². The molecular weight excluding hydrogens is 288 g/mol. The van der Waals surface area contributed by atoms with E-state index in [2.05, 4.69) is 0 Å². The second kappa shape index (κ2) is 6.36. The average molecular weight is 304 g/mol. The first kappa shape index (κ1) is 14.9. The molecule has 0 aliphatic carbocycles. The molecule has 0 bridgehead atoms. The summed E-state index contributed by atoms with van der Waals surface area (Å²) in [6, 6.07) is 22.1. The van der Waals surface area contributed by atoms with Crippen LogP contribution in [0.25, 0.3) is 11.1 Å². The summed E-state index contributed by atoms with van der Waals surface area (Å²) < 4.78 is 5.31. The summed E-state index contributed by atoms with van der Waals surface area (Å²) in [5.74, 6) is -0.208. The molecule has 0 aliphatic rings. The summed E-state index contributed by atoms with van der Waals surface area (Å²) in [4.78, 5) is 12.1. The van der Waals surface area contributed by atoms with Gasteiger partial charge in [-0.1, -0.05) is 48.5 Å². The lowest BCUT2D eigenvalue weighted by Gasteiger charge is -2.07. The molecule has 3 rings (SSSR count). The van der Waals surface area contributed by atoms with E-state index in [1.807, 2.05) is 49.4 Å². The maximum absolute atomic E-state index is 12.1. The second-order valence-electron chi connectivity index (χ2n) is 5.30. The van der Waals surface area contributed by atoms with E-state index in [0.29, 0.717) is 5.75 Å². The lowest BCUT2D eigenvalue weighted by molar-refractivity contribution is 0.0731. The number of hydrogen-bond donors (Lipinski definition) is 1. The molecule has 0 heterocycles. The van der Waals surface area contributed by atoms with Crippen molar-refractivity contribution in [2.24, 2.45) is 0 Å². The lowest BCUT2D eigenvalue weighted by atomic mass is 10.1. The van der Waals surface area contributed by atoms with E-state index in [1.54, 1.807) is 24.3 Å². The van der Waals surface area contributed by atoms with Crippen molar-refractivity contribution in [3.63, 3.8) is 0 Å². The SMILES string of the molecule is Cc1ccc(C(=O)Oc2ccc(-c3ccccc3)cc2)c(O)c1. The van der Waals surface area contributed by atoms with Crippen molar-refractivity contribution in [2.75, 3.05) is 0 Å². The van der Waals surface area contributed by atoms with Gasteiger partial charge in [0.2, 0.25) is 0 Å². The first-order chi connectivity index (χ1) is 11.1. The Morgan fingerprint density at radius 2 is 1.52 bits per heavy atom. The van der Waals surface area contributed by atoms with Crippen molar-refractivity contribution in [1.82, 2.24) is 0 Å². The predicted octanol–water partition coefficient (Wildman–Crippen LogP) is 4.59. The summed E-state index contributed by atoms with van der Waals surface area (Å²) in [5, 5.41) is 9.83. The number of carbonyl (C=O) groups is 1. The number of ether oxygens (including phenoxy) is 1. The lowest BCUT2D eigenvalue weighted by Crippen LogP contribution is -2.08. The monoisotopic (exact) mass is 304 g/mol. The van der Waals surface area contributed by atoms with E-state index >= 15 is 0 Å². The van der Waals surface area contributed by atoms with Gasteiger partial charge in [0.1, 0.15) is 17.1 Å². The second-order valence-corrected chi connectivity index (χ2v) is 5.30. The van der Waals surface area contributed by atoms with Crippen LogP contribution in [0.15, 0.2) is 72.8 Å². The van der Waals surface area contributed by atoms with E-state index in [4.69, 9.17) is 4.74 Å². The Labute approximate surface area is 134 Å². The van der Waals surface area contributed by atoms with Crippen LogP contribution in [-0.4, -0.2) is 11.1 Å². The fourth-order valence-corrected chi connectivity index (χ4v) is 2.32. The molecule has 0 fully saturated rings. The van der Waals surface area contributed by atoms with E-state index in [0.717, 1.165) is 16.7 Å². The Bertz CT molecular complexity index is 821. The normalized spacial score (nSPS) is 10.3. The Kier molecular flexibility index (Phi) is 4.11. The molecule has 0 unspecified atom stereocenters.